The van der Waals surface area contributed by atoms with E-state index in [1.807, 2.05) is 31.2 Å². The van der Waals surface area contributed by atoms with Crippen LogP contribution in [-0.4, -0.2) is 48.1 Å². The average molecular weight is 577 g/mol. The van der Waals surface area contributed by atoms with Gasteiger partial charge in [-0.2, -0.15) is 5.26 Å². The molecule has 5 rings (SSSR count). The molecule has 10 nitrogen and oxygen atoms in total. The Bertz CT molecular complexity index is 1590. The van der Waals surface area contributed by atoms with Crippen molar-refractivity contribution in [3.8, 4) is 22.9 Å². The van der Waals surface area contributed by atoms with E-state index in [2.05, 4.69) is 27.0 Å². The molecule has 2 aliphatic rings. The van der Waals surface area contributed by atoms with Crippen molar-refractivity contribution in [3.63, 3.8) is 0 Å². The van der Waals surface area contributed by atoms with Gasteiger partial charge in [0.2, 0.25) is 11.8 Å². The monoisotopic (exact) mass is 576 g/mol. The third-order valence-electron chi connectivity index (χ3n) is 7.67. The van der Waals surface area contributed by atoms with Crippen molar-refractivity contribution in [1.82, 2.24) is 10.6 Å². The molecule has 0 unspecified atom stereocenters. The van der Waals surface area contributed by atoms with E-state index in [1.165, 1.54) is 12.4 Å². The average Bonchev–Trinajstić information content (AvgIpc) is 3.61. The molecule has 42 heavy (non-hydrogen) atoms. The fourth-order valence-corrected chi connectivity index (χ4v) is 5.02. The van der Waals surface area contributed by atoms with Crippen LogP contribution in [0, 0.1) is 16.7 Å². The van der Waals surface area contributed by atoms with Crippen molar-refractivity contribution < 1.29 is 27.5 Å². The minimum absolute atomic E-state index is 0.0619. The molecule has 0 aliphatic heterocycles. The number of benzene rings is 2. The van der Waals surface area contributed by atoms with E-state index in [0.717, 1.165) is 17.5 Å². The smallest absolute Gasteiger partial charge is 0.287 e. The van der Waals surface area contributed by atoms with E-state index < -0.39 is 41.7 Å². The molecule has 0 atom stereocenters. The summed E-state index contributed by atoms with van der Waals surface area (Å²) in [5.41, 5.74) is 0.124. The standard InChI is InChI=1S/C30H30F2N6O4/c1-2-41-24-14-20(5-6-22(24)36-18-35-17-34)19-3-4-21-15-25(42-23(21)13-19)26(39)37-29(9-11-30(31,32)12-10-29)27(40)38-28(16-33)7-8-28/h3-6,13-15,17-18H,2,7-12H2,1H3,(H,37,39)(H,38,40)(H2,34,35,36). The molecular formula is C30H30F2N6O4. The number of nitrogens with zero attached hydrogens (tertiary/aromatic N) is 2. The first kappa shape index (κ1) is 28.7. The van der Waals surface area contributed by atoms with Crippen LogP contribution in [0.2, 0.25) is 0 Å². The van der Waals surface area contributed by atoms with E-state index in [-0.39, 0.29) is 18.6 Å². The molecule has 0 bridgehead atoms. The van der Waals surface area contributed by atoms with E-state index in [0.29, 0.717) is 41.9 Å². The number of nitrogens with one attached hydrogen (secondary N) is 4. The first-order chi connectivity index (χ1) is 20.1. The maximum atomic E-state index is 14.0. The number of nitriles is 1. The Morgan fingerprint density at radius 3 is 2.45 bits per heavy atom. The zero-order chi connectivity index (χ0) is 30.0. The summed E-state index contributed by atoms with van der Waals surface area (Å²) in [5, 5.41) is 25.4. The highest BCUT2D eigenvalue weighted by molar-refractivity contribution is 6.01. The summed E-state index contributed by atoms with van der Waals surface area (Å²) in [6.45, 7) is 2.30. The number of hydrogen-bond donors (Lipinski definition) is 4. The van der Waals surface area contributed by atoms with E-state index in [1.54, 1.807) is 12.1 Å². The summed E-state index contributed by atoms with van der Waals surface area (Å²) in [7, 11) is 0. The van der Waals surface area contributed by atoms with E-state index >= 15 is 0 Å². The maximum Gasteiger partial charge on any atom is 0.287 e. The number of rotatable bonds is 10. The van der Waals surface area contributed by atoms with Gasteiger partial charge in [-0.15, -0.1) is 0 Å². The van der Waals surface area contributed by atoms with E-state index in [4.69, 9.17) is 14.6 Å². The lowest BCUT2D eigenvalue weighted by molar-refractivity contribution is -0.133. The molecule has 2 aromatic carbocycles. The zero-order valence-electron chi connectivity index (χ0n) is 22.9. The first-order valence-corrected chi connectivity index (χ1v) is 13.6. The van der Waals surface area contributed by atoms with Crippen LogP contribution in [0.15, 0.2) is 51.9 Å². The van der Waals surface area contributed by atoms with Crippen LogP contribution >= 0.6 is 0 Å². The van der Waals surface area contributed by atoms with Gasteiger partial charge in [0.1, 0.15) is 28.7 Å². The number of carbonyl (C=O) groups is 2. The Morgan fingerprint density at radius 2 is 1.79 bits per heavy atom. The van der Waals surface area contributed by atoms with Crippen molar-refractivity contribution in [2.24, 2.45) is 4.99 Å². The molecule has 0 saturated heterocycles. The van der Waals surface area contributed by atoms with Gasteiger partial charge >= 0.3 is 0 Å². The topological polar surface area (TPSA) is 153 Å². The highest BCUT2D eigenvalue weighted by atomic mass is 19.3. The summed E-state index contributed by atoms with van der Waals surface area (Å²) < 4.78 is 39.7. The van der Waals surface area contributed by atoms with Crippen molar-refractivity contribution in [3.05, 3.63) is 48.2 Å². The van der Waals surface area contributed by atoms with Gasteiger partial charge in [-0.05, 0) is 68.0 Å². The number of fused-ring (bicyclic) bond motifs is 1. The quantitative estimate of drug-likeness (QED) is 0.187. The number of furan rings is 1. The largest absolute Gasteiger partial charge is 0.492 e. The normalized spacial score (nSPS) is 18.1. The second-order valence-electron chi connectivity index (χ2n) is 10.6. The van der Waals surface area contributed by atoms with Crippen LogP contribution in [0.4, 0.5) is 14.5 Å². The number of anilines is 1. The first-order valence-electron chi connectivity index (χ1n) is 13.6. The van der Waals surface area contributed by atoms with Gasteiger partial charge in [0.05, 0.1) is 24.7 Å². The minimum Gasteiger partial charge on any atom is -0.492 e. The molecule has 0 spiro atoms. The SMILES string of the molecule is CCOc1cc(-c2ccc3cc(C(=O)NC4(C(=O)NC5(C#N)CC5)CCC(F)(F)CC4)oc3c2)ccc1N/C=N\C=N. The van der Waals surface area contributed by atoms with Crippen molar-refractivity contribution in [2.45, 2.75) is 62.4 Å². The number of ether oxygens (including phenoxy) is 1. The Hall–Kier alpha value is -4.79. The molecule has 2 saturated carbocycles. The molecule has 1 heterocycles. The molecule has 12 heteroatoms. The predicted molar refractivity (Wildman–Crippen MR) is 153 cm³/mol. The van der Waals surface area contributed by atoms with Gasteiger partial charge < -0.3 is 25.1 Å². The van der Waals surface area contributed by atoms with Gasteiger partial charge in [0.25, 0.3) is 5.91 Å². The molecule has 0 radical (unpaired) electrons. The second-order valence-corrected chi connectivity index (χ2v) is 10.6. The number of hydrogen-bond acceptors (Lipinski definition) is 6. The van der Waals surface area contributed by atoms with Crippen LogP contribution < -0.4 is 20.7 Å². The zero-order valence-corrected chi connectivity index (χ0v) is 22.9. The molecule has 2 aliphatic carbocycles. The van der Waals surface area contributed by atoms with Crippen molar-refractivity contribution in [1.29, 1.82) is 10.7 Å². The number of aliphatic imine (C=N–C) groups is 1. The lowest BCUT2D eigenvalue weighted by atomic mass is 9.78. The van der Waals surface area contributed by atoms with Gasteiger partial charge in [-0.25, -0.2) is 13.8 Å². The summed E-state index contributed by atoms with van der Waals surface area (Å²) in [6, 6.07) is 14.6. The number of carbonyl (C=O) groups excluding carboxylic acids is 2. The molecule has 3 aromatic rings. The molecule has 4 N–H and O–H groups in total. The number of amides is 2. The lowest BCUT2D eigenvalue weighted by Crippen LogP contribution is -2.62. The van der Waals surface area contributed by atoms with Crippen LogP contribution in [0.25, 0.3) is 22.1 Å². The van der Waals surface area contributed by atoms with Crippen molar-refractivity contribution in [2.75, 3.05) is 11.9 Å². The van der Waals surface area contributed by atoms with Crippen molar-refractivity contribution >= 4 is 41.1 Å². The Morgan fingerprint density at radius 1 is 1.07 bits per heavy atom. The van der Waals surface area contributed by atoms with Crippen LogP contribution in [0.3, 0.4) is 0 Å². The fourth-order valence-electron chi connectivity index (χ4n) is 5.02. The summed E-state index contributed by atoms with van der Waals surface area (Å²) in [5.74, 6) is -3.74. The van der Waals surface area contributed by atoms with Gasteiger partial charge in [0, 0.05) is 18.2 Å². The van der Waals surface area contributed by atoms with E-state index in [9.17, 15) is 23.6 Å². The second kappa shape index (κ2) is 11.2. The molecular weight excluding hydrogens is 546 g/mol. The lowest BCUT2D eigenvalue weighted by Gasteiger charge is -2.39. The summed E-state index contributed by atoms with van der Waals surface area (Å²) in [4.78, 5) is 30.3. The highest BCUT2D eigenvalue weighted by Gasteiger charge is 2.53. The fraction of sp³-hybridized carbons (Fsp3) is 0.367. The third kappa shape index (κ3) is 5.95. The number of halogens is 2. The molecule has 2 fully saturated rings. The Balaban J connectivity index is 1.39. The maximum absolute atomic E-state index is 14.0. The van der Waals surface area contributed by atoms with Gasteiger partial charge in [0.15, 0.2) is 5.76 Å². The highest BCUT2D eigenvalue weighted by Crippen LogP contribution is 2.41. The molecule has 1 aromatic heterocycles. The summed E-state index contributed by atoms with van der Waals surface area (Å²) in [6.07, 6.45) is 1.61. The predicted octanol–water partition coefficient (Wildman–Crippen LogP) is 5.40. The Kier molecular flexibility index (Phi) is 7.69. The Labute approximate surface area is 240 Å². The molecule has 218 valence electrons. The van der Waals surface area contributed by atoms with Crippen LogP contribution in [0.1, 0.15) is 56.0 Å². The summed E-state index contributed by atoms with van der Waals surface area (Å²) >= 11 is 0. The third-order valence-corrected chi connectivity index (χ3v) is 7.67. The van der Waals surface area contributed by atoms with Gasteiger partial charge in [-0.3, -0.25) is 15.0 Å². The molecule has 2 amide bonds. The minimum atomic E-state index is -2.93. The van der Waals surface area contributed by atoms with Crippen LogP contribution in [-0.2, 0) is 4.79 Å². The van der Waals surface area contributed by atoms with Gasteiger partial charge in [-0.1, -0.05) is 18.2 Å². The van der Waals surface area contributed by atoms with Crippen LogP contribution in [0.5, 0.6) is 5.75 Å². The number of alkyl halides is 2.